The van der Waals surface area contributed by atoms with Gasteiger partial charge in [0.05, 0.1) is 16.9 Å². The van der Waals surface area contributed by atoms with E-state index in [2.05, 4.69) is 15.4 Å². The van der Waals surface area contributed by atoms with Crippen LogP contribution in [0.2, 0.25) is 0 Å². The molecule has 2 aromatic rings. The molecule has 2 heterocycles. The molecule has 0 bridgehead atoms. The van der Waals surface area contributed by atoms with E-state index in [0.717, 1.165) is 10.4 Å². The lowest BCUT2D eigenvalue weighted by Gasteiger charge is -2.27. The highest BCUT2D eigenvalue weighted by Crippen LogP contribution is 2.37. The zero-order valence-corrected chi connectivity index (χ0v) is 21.3. The molecule has 1 fully saturated rings. The third-order valence-electron chi connectivity index (χ3n) is 5.47. The quantitative estimate of drug-likeness (QED) is 0.607. The van der Waals surface area contributed by atoms with Crippen LogP contribution in [0.4, 0.5) is 9.80 Å². The molecule has 0 atom stereocenters. The van der Waals surface area contributed by atoms with E-state index >= 15 is 0 Å². The van der Waals surface area contributed by atoms with Crippen molar-refractivity contribution < 1.29 is 18.0 Å². The van der Waals surface area contributed by atoms with Crippen LogP contribution in [0.5, 0.6) is 0 Å². The maximum absolute atomic E-state index is 13.4. The normalized spacial score (nSPS) is 16.7. The Morgan fingerprint density at radius 1 is 1.06 bits per heavy atom. The largest absolute Gasteiger partial charge is 0.336 e. The molecular formula is C23H32N4O4S2. The van der Waals surface area contributed by atoms with Crippen LogP contribution in [0.1, 0.15) is 55.4 Å². The number of sulfonamides is 1. The number of carbonyl (C=O) groups is 2. The Kier molecular flexibility index (Phi) is 7.21. The third-order valence-corrected chi connectivity index (χ3v) is 8.31. The summed E-state index contributed by atoms with van der Waals surface area (Å²) in [4.78, 5) is 28.7. The number of hydrogen-bond donors (Lipinski definition) is 3. The zero-order valence-electron chi connectivity index (χ0n) is 19.7. The number of hydrogen-bond acceptors (Lipinski definition) is 5. The lowest BCUT2D eigenvalue weighted by molar-refractivity contribution is 0.0773. The highest BCUT2D eigenvalue weighted by molar-refractivity contribution is 7.89. The van der Waals surface area contributed by atoms with Gasteiger partial charge in [0.2, 0.25) is 10.0 Å². The van der Waals surface area contributed by atoms with Gasteiger partial charge >= 0.3 is 6.03 Å². The average molecular weight is 493 g/mol. The topological polar surface area (TPSA) is 108 Å². The van der Waals surface area contributed by atoms with Crippen LogP contribution in [0.3, 0.4) is 0 Å². The minimum absolute atomic E-state index is 0.0987. The lowest BCUT2D eigenvalue weighted by atomic mass is 9.94. The maximum atomic E-state index is 13.4. The summed E-state index contributed by atoms with van der Waals surface area (Å²) in [7, 11) is -3.38. The lowest BCUT2D eigenvalue weighted by Crippen LogP contribution is -2.43. The number of nitrogens with zero attached hydrogens (tertiary/aromatic N) is 1. The summed E-state index contributed by atoms with van der Waals surface area (Å²) in [5, 5.41) is 6.30. The van der Waals surface area contributed by atoms with Gasteiger partial charge in [0.1, 0.15) is 5.00 Å². The molecule has 1 aromatic carbocycles. The van der Waals surface area contributed by atoms with Gasteiger partial charge in [0, 0.05) is 24.5 Å². The van der Waals surface area contributed by atoms with Crippen LogP contribution >= 0.6 is 11.3 Å². The molecule has 0 spiro atoms. The Bertz CT molecular complexity index is 1120. The molecule has 33 heavy (non-hydrogen) atoms. The number of nitrogens with one attached hydrogen (secondary N) is 3. The summed E-state index contributed by atoms with van der Waals surface area (Å²) in [5.41, 5.74) is 0.487. The van der Waals surface area contributed by atoms with E-state index in [1.807, 2.05) is 65.0 Å². The first-order chi connectivity index (χ1) is 15.3. The van der Waals surface area contributed by atoms with Gasteiger partial charge in [-0.05, 0) is 30.9 Å². The van der Waals surface area contributed by atoms with Crippen LogP contribution in [0.25, 0.3) is 0 Å². The van der Waals surface area contributed by atoms with Crippen molar-refractivity contribution >= 4 is 38.3 Å². The molecule has 0 unspecified atom stereocenters. The molecule has 10 heteroatoms. The molecule has 8 nitrogen and oxygen atoms in total. The second kappa shape index (κ2) is 9.44. The molecule has 1 aromatic heterocycles. The van der Waals surface area contributed by atoms with E-state index in [1.165, 1.54) is 16.2 Å². The Morgan fingerprint density at radius 2 is 1.73 bits per heavy atom. The Labute approximate surface area is 199 Å². The number of anilines is 1. The fourth-order valence-electron chi connectivity index (χ4n) is 3.48. The van der Waals surface area contributed by atoms with Crippen molar-refractivity contribution in [1.29, 1.82) is 0 Å². The Hall–Kier alpha value is -2.43. The summed E-state index contributed by atoms with van der Waals surface area (Å²) >= 11 is 1.36. The summed E-state index contributed by atoms with van der Waals surface area (Å²) in [6.45, 7) is 10.5. The molecule has 0 saturated carbocycles. The molecule has 0 aliphatic carbocycles. The van der Waals surface area contributed by atoms with Crippen LogP contribution < -0.4 is 15.4 Å². The smallest absolute Gasteiger partial charge is 0.320 e. The van der Waals surface area contributed by atoms with E-state index in [-0.39, 0.29) is 36.7 Å². The molecule has 180 valence electrons. The van der Waals surface area contributed by atoms with Crippen LogP contribution in [-0.4, -0.2) is 50.6 Å². The van der Waals surface area contributed by atoms with Crippen LogP contribution in [-0.2, 0) is 21.0 Å². The van der Waals surface area contributed by atoms with Gasteiger partial charge in [-0.25, -0.2) is 17.9 Å². The third kappa shape index (κ3) is 6.33. The standard InChI is InChI=1S/C23H32N4O4S2/c1-22(2,3)18-15-17(20(28)27-12-11-24-33(30,31)14-13-27)19(32-18)25-21(29)26-23(4,5)16-9-7-6-8-10-16/h6-10,15,24H,11-14H2,1-5H3,(H2,25,26,29). The highest BCUT2D eigenvalue weighted by Gasteiger charge is 2.30. The summed E-state index contributed by atoms with van der Waals surface area (Å²) in [5.74, 6) is -0.443. The molecule has 1 aliphatic rings. The Balaban J connectivity index is 1.84. The van der Waals surface area contributed by atoms with Crippen molar-refractivity contribution in [2.24, 2.45) is 0 Å². The summed E-state index contributed by atoms with van der Waals surface area (Å²) in [6.07, 6.45) is 0. The number of benzene rings is 1. The SMILES string of the molecule is CC(C)(C)c1cc(C(=O)N2CCNS(=O)(=O)CC2)c(NC(=O)NC(C)(C)c2ccccc2)s1. The highest BCUT2D eigenvalue weighted by atomic mass is 32.2. The second-order valence-corrected chi connectivity index (χ2v) is 12.7. The Morgan fingerprint density at radius 3 is 2.36 bits per heavy atom. The molecule has 1 aliphatic heterocycles. The average Bonchev–Trinajstić information content (AvgIpc) is 3.05. The number of thiophene rings is 1. The van der Waals surface area contributed by atoms with Gasteiger partial charge in [0.15, 0.2) is 0 Å². The van der Waals surface area contributed by atoms with Gasteiger partial charge in [0.25, 0.3) is 5.91 Å². The molecule has 3 amide bonds. The minimum Gasteiger partial charge on any atom is -0.336 e. The molecule has 0 radical (unpaired) electrons. The summed E-state index contributed by atoms with van der Waals surface area (Å²) < 4.78 is 26.2. The zero-order chi connectivity index (χ0) is 24.4. The molecular weight excluding hydrogens is 460 g/mol. The van der Waals surface area contributed by atoms with Gasteiger partial charge < -0.3 is 10.2 Å². The predicted octanol–water partition coefficient (Wildman–Crippen LogP) is 3.48. The minimum atomic E-state index is -3.38. The van der Waals surface area contributed by atoms with Crippen molar-refractivity contribution in [2.75, 3.05) is 30.7 Å². The fourth-order valence-corrected chi connectivity index (χ4v) is 5.59. The number of amides is 3. The first-order valence-corrected chi connectivity index (χ1v) is 13.3. The van der Waals surface area contributed by atoms with Crippen molar-refractivity contribution in [1.82, 2.24) is 14.9 Å². The van der Waals surface area contributed by atoms with Gasteiger partial charge in [-0.15, -0.1) is 11.3 Å². The van der Waals surface area contributed by atoms with Gasteiger partial charge in [-0.1, -0.05) is 51.1 Å². The fraction of sp³-hybridized carbons (Fsp3) is 0.478. The van der Waals surface area contributed by atoms with Crippen molar-refractivity contribution in [3.63, 3.8) is 0 Å². The molecule has 1 saturated heterocycles. The second-order valence-electron chi connectivity index (χ2n) is 9.68. The van der Waals surface area contributed by atoms with E-state index in [4.69, 9.17) is 0 Å². The van der Waals surface area contributed by atoms with Gasteiger partial charge in [-0.2, -0.15) is 0 Å². The first-order valence-electron chi connectivity index (χ1n) is 10.8. The maximum Gasteiger partial charge on any atom is 0.320 e. The predicted molar refractivity (Wildman–Crippen MR) is 132 cm³/mol. The summed E-state index contributed by atoms with van der Waals surface area (Å²) in [6, 6.07) is 11.0. The number of urea groups is 1. The van der Waals surface area contributed by atoms with Crippen LogP contribution in [0, 0.1) is 0 Å². The van der Waals surface area contributed by atoms with Crippen molar-refractivity contribution in [3.8, 4) is 0 Å². The van der Waals surface area contributed by atoms with Crippen LogP contribution in [0.15, 0.2) is 36.4 Å². The monoisotopic (exact) mass is 492 g/mol. The van der Waals surface area contributed by atoms with Crippen molar-refractivity contribution in [2.45, 2.75) is 45.6 Å². The van der Waals surface area contributed by atoms with Crippen molar-refractivity contribution in [3.05, 3.63) is 52.4 Å². The van der Waals surface area contributed by atoms with E-state index < -0.39 is 21.6 Å². The molecule has 3 N–H and O–H groups in total. The molecule has 3 rings (SSSR count). The van der Waals surface area contributed by atoms with E-state index in [0.29, 0.717) is 10.6 Å². The van der Waals surface area contributed by atoms with Gasteiger partial charge in [-0.3, -0.25) is 10.1 Å². The van der Waals surface area contributed by atoms with E-state index in [1.54, 1.807) is 6.07 Å². The number of rotatable bonds is 4. The first kappa shape index (κ1) is 25.2. The number of carbonyl (C=O) groups excluding carboxylic acids is 2. The van der Waals surface area contributed by atoms with E-state index in [9.17, 15) is 18.0 Å².